The van der Waals surface area contributed by atoms with Gasteiger partial charge in [-0.15, -0.1) is 0 Å². The van der Waals surface area contributed by atoms with Crippen molar-refractivity contribution in [1.82, 2.24) is 14.7 Å². The molecule has 0 amide bonds. The van der Waals surface area contributed by atoms with Gasteiger partial charge in [0.2, 0.25) is 0 Å². The molecule has 0 spiro atoms. The Labute approximate surface area is 89.4 Å². The number of aryl methyl sites for hydroxylation is 1. The molecule has 84 valence electrons. The summed E-state index contributed by atoms with van der Waals surface area (Å²) in [6.45, 7) is 1.73. The van der Waals surface area contributed by atoms with Gasteiger partial charge in [0.1, 0.15) is 5.82 Å². The van der Waals surface area contributed by atoms with Crippen molar-refractivity contribution >= 4 is 10.0 Å². The zero-order valence-corrected chi connectivity index (χ0v) is 9.47. The molecule has 0 saturated heterocycles. The topological polar surface area (TPSA) is 74.8 Å². The van der Waals surface area contributed by atoms with E-state index >= 15 is 0 Å². The lowest BCUT2D eigenvalue weighted by molar-refractivity contribution is 0.549. The molecule has 2 N–H and O–H groups in total. The molecule has 1 fully saturated rings. The highest BCUT2D eigenvalue weighted by Gasteiger charge is 2.23. The van der Waals surface area contributed by atoms with Crippen LogP contribution in [-0.2, 0) is 10.0 Å². The average Bonchev–Trinajstić information content (AvgIpc) is 2.75. The fraction of sp³-hybridized carbons (Fsp3) is 0.667. The molecule has 0 aromatic carbocycles. The number of hydrogen-bond donors (Lipinski definition) is 2. The van der Waals surface area contributed by atoms with Gasteiger partial charge < -0.3 is 4.98 Å². The second kappa shape index (κ2) is 3.94. The van der Waals surface area contributed by atoms with Crippen molar-refractivity contribution in [2.24, 2.45) is 0 Å². The molecule has 0 unspecified atom stereocenters. The Balaban J connectivity index is 2.12. The molecule has 0 aliphatic heterocycles. The highest BCUT2D eigenvalue weighted by Crippen LogP contribution is 2.19. The standard InChI is InChI=1S/C9H15N3O2S/c1-7-10-6-9(11-7)15(13,14)12-8-4-2-3-5-8/h6,8,12H,2-5H2,1H3,(H,10,11). The van der Waals surface area contributed by atoms with E-state index in [4.69, 9.17) is 0 Å². The van der Waals surface area contributed by atoms with Crippen LogP contribution in [0.3, 0.4) is 0 Å². The number of sulfonamides is 1. The smallest absolute Gasteiger partial charge is 0.257 e. The summed E-state index contributed by atoms with van der Waals surface area (Å²) in [5.41, 5.74) is 0. The third-order valence-electron chi connectivity index (χ3n) is 2.65. The third kappa shape index (κ3) is 2.38. The molecular weight excluding hydrogens is 214 g/mol. The molecule has 2 rings (SSSR count). The van der Waals surface area contributed by atoms with E-state index in [9.17, 15) is 8.42 Å². The van der Waals surface area contributed by atoms with Gasteiger partial charge in [-0.1, -0.05) is 12.8 Å². The first-order chi connectivity index (χ1) is 7.08. The quantitative estimate of drug-likeness (QED) is 0.810. The fourth-order valence-electron chi connectivity index (χ4n) is 1.86. The molecule has 6 heteroatoms. The normalized spacial score (nSPS) is 18.5. The van der Waals surface area contributed by atoms with E-state index in [0.29, 0.717) is 5.82 Å². The SMILES string of the molecule is Cc1ncc(S(=O)(=O)NC2CCCC2)[nH]1. The minimum atomic E-state index is -3.39. The first kappa shape index (κ1) is 10.6. The van der Waals surface area contributed by atoms with Crippen LogP contribution in [0.25, 0.3) is 0 Å². The van der Waals surface area contributed by atoms with Crippen molar-refractivity contribution < 1.29 is 8.42 Å². The maximum absolute atomic E-state index is 11.8. The monoisotopic (exact) mass is 229 g/mol. The van der Waals surface area contributed by atoms with E-state index in [2.05, 4.69) is 14.7 Å². The Morgan fingerprint density at radius 1 is 1.47 bits per heavy atom. The number of nitrogens with one attached hydrogen (secondary N) is 2. The summed E-state index contributed by atoms with van der Waals surface area (Å²) in [7, 11) is -3.39. The van der Waals surface area contributed by atoms with Crippen LogP contribution in [0.4, 0.5) is 0 Å². The van der Waals surface area contributed by atoms with Gasteiger partial charge in [0.15, 0.2) is 5.03 Å². The lowest BCUT2D eigenvalue weighted by Crippen LogP contribution is -2.32. The molecule has 1 heterocycles. The first-order valence-electron chi connectivity index (χ1n) is 5.12. The first-order valence-corrected chi connectivity index (χ1v) is 6.60. The number of nitrogens with zero attached hydrogens (tertiary/aromatic N) is 1. The summed E-state index contributed by atoms with van der Waals surface area (Å²) in [4.78, 5) is 6.61. The van der Waals surface area contributed by atoms with Crippen LogP contribution in [0, 0.1) is 6.92 Å². The summed E-state index contributed by atoms with van der Waals surface area (Å²) < 4.78 is 26.3. The predicted molar refractivity (Wildman–Crippen MR) is 55.9 cm³/mol. The Morgan fingerprint density at radius 2 is 2.13 bits per heavy atom. The fourth-order valence-corrected chi connectivity index (χ4v) is 3.14. The Kier molecular flexibility index (Phi) is 2.79. The minimum Gasteiger partial charge on any atom is -0.332 e. The van der Waals surface area contributed by atoms with Crippen molar-refractivity contribution in [2.75, 3.05) is 0 Å². The number of aromatic nitrogens is 2. The number of aromatic amines is 1. The number of H-pyrrole nitrogens is 1. The molecule has 0 radical (unpaired) electrons. The largest absolute Gasteiger partial charge is 0.332 e. The Hall–Kier alpha value is -0.880. The van der Waals surface area contributed by atoms with Crippen molar-refractivity contribution in [3.05, 3.63) is 12.0 Å². The van der Waals surface area contributed by atoms with Crippen molar-refractivity contribution in [1.29, 1.82) is 0 Å². The van der Waals surface area contributed by atoms with E-state index in [-0.39, 0.29) is 11.1 Å². The van der Waals surface area contributed by atoms with E-state index in [1.165, 1.54) is 6.20 Å². The molecule has 1 aromatic rings. The van der Waals surface area contributed by atoms with E-state index < -0.39 is 10.0 Å². The highest BCUT2D eigenvalue weighted by molar-refractivity contribution is 7.89. The molecule has 0 atom stereocenters. The molecule has 5 nitrogen and oxygen atoms in total. The van der Waals surface area contributed by atoms with Crippen molar-refractivity contribution in [3.63, 3.8) is 0 Å². The van der Waals surface area contributed by atoms with E-state index in [1.54, 1.807) is 6.92 Å². The minimum absolute atomic E-state index is 0.0959. The molecular formula is C9H15N3O2S. The van der Waals surface area contributed by atoms with Gasteiger partial charge in [-0.05, 0) is 19.8 Å². The Bertz CT molecular complexity index is 432. The maximum Gasteiger partial charge on any atom is 0.257 e. The van der Waals surface area contributed by atoms with Gasteiger partial charge in [-0.3, -0.25) is 0 Å². The summed E-state index contributed by atoms with van der Waals surface area (Å²) in [6, 6.07) is 0.0959. The van der Waals surface area contributed by atoms with Crippen molar-refractivity contribution in [3.8, 4) is 0 Å². The van der Waals surface area contributed by atoms with Gasteiger partial charge >= 0.3 is 0 Å². The predicted octanol–water partition coefficient (Wildman–Crippen LogP) is 0.939. The molecule has 1 saturated carbocycles. The van der Waals surface area contributed by atoms with Crippen molar-refractivity contribution in [2.45, 2.75) is 43.7 Å². The molecule has 0 bridgehead atoms. The van der Waals surface area contributed by atoms with Crippen LogP contribution >= 0.6 is 0 Å². The molecule has 1 aromatic heterocycles. The van der Waals surface area contributed by atoms with Crippen LogP contribution in [0.15, 0.2) is 11.2 Å². The van der Waals surface area contributed by atoms with Crippen LogP contribution in [-0.4, -0.2) is 24.4 Å². The van der Waals surface area contributed by atoms with Crippen LogP contribution in [0.2, 0.25) is 0 Å². The lowest BCUT2D eigenvalue weighted by atomic mass is 10.3. The summed E-state index contributed by atoms with van der Waals surface area (Å²) in [5, 5.41) is 0.159. The number of imidazole rings is 1. The van der Waals surface area contributed by atoms with Gasteiger partial charge in [-0.25, -0.2) is 18.1 Å². The van der Waals surface area contributed by atoms with Gasteiger partial charge in [-0.2, -0.15) is 0 Å². The number of hydrogen-bond acceptors (Lipinski definition) is 3. The second-order valence-corrected chi connectivity index (χ2v) is 5.62. The summed E-state index contributed by atoms with van der Waals surface area (Å²) in [5.74, 6) is 0.613. The Morgan fingerprint density at radius 3 is 2.67 bits per heavy atom. The summed E-state index contributed by atoms with van der Waals surface area (Å²) in [6.07, 6.45) is 5.44. The molecule has 15 heavy (non-hydrogen) atoms. The zero-order valence-electron chi connectivity index (χ0n) is 8.66. The van der Waals surface area contributed by atoms with E-state index in [0.717, 1.165) is 25.7 Å². The van der Waals surface area contributed by atoms with Crippen LogP contribution in [0.1, 0.15) is 31.5 Å². The lowest BCUT2D eigenvalue weighted by Gasteiger charge is -2.10. The van der Waals surface area contributed by atoms with Gasteiger partial charge in [0, 0.05) is 6.04 Å². The van der Waals surface area contributed by atoms with Gasteiger partial charge in [0.05, 0.1) is 6.20 Å². The highest BCUT2D eigenvalue weighted by atomic mass is 32.2. The summed E-state index contributed by atoms with van der Waals surface area (Å²) >= 11 is 0. The zero-order chi connectivity index (χ0) is 10.9. The second-order valence-electron chi connectivity index (χ2n) is 3.94. The molecule has 1 aliphatic rings. The third-order valence-corrected chi connectivity index (χ3v) is 4.08. The number of rotatable bonds is 3. The maximum atomic E-state index is 11.8. The molecule has 1 aliphatic carbocycles. The van der Waals surface area contributed by atoms with Gasteiger partial charge in [0.25, 0.3) is 10.0 Å². The van der Waals surface area contributed by atoms with Crippen LogP contribution in [0.5, 0.6) is 0 Å². The average molecular weight is 229 g/mol. The van der Waals surface area contributed by atoms with Crippen LogP contribution < -0.4 is 4.72 Å². The van der Waals surface area contributed by atoms with E-state index in [1.807, 2.05) is 0 Å².